The first kappa shape index (κ1) is 18.7. The van der Waals surface area contributed by atoms with Crippen LogP contribution in [0, 0.1) is 11.3 Å². The highest BCUT2D eigenvalue weighted by Gasteiger charge is 2.19. The molecule has 0 spiro atoms. The molecule has 0 atom stereocenters. The first-order chi connectivity index (χ1) is 10.7. The van der Waals surface area contributed by atoms with E-state index in [-0.39, 0.29) is 23.9 Å². The summed E-state index contributed by atoms with van der Waals surface area (Å²) in [4.78, 5) is 25.8. The lowest BCUT2D eigenvalue weighted by Gasteiger charge is -2.25. The van der Waals surface area contributed by atoms with Gasteiger partial charge < -0.3 is 10.2 Å². The molecule has 1 rings (SSSR count). The number of aryl methyl sites for hydroxylation is 1. The van der Waals surface area contributed by atoms with Crippen LogP contribution in [0.25, 0.3) is 0 Å². The number of carbonyl (C=O) groups is 2. The first-order valence-electron chi connectivity index (χ1n) is 7.83. The minimum absolute atomic E-state index is 0.0408. The van der Waals surface area contributed by atoms with Crippen molar-refractivity contribution in [3.8, 4) is 6.07 Å². The topological polar surface area (TPSA) is 73.2 Å². The predicted octanol–water partition coefficient (Wildman–Crippen LogP) is 2.25. The summed E-state index contributed by atoms with van der Waals surface area (Å²) in [6.07, 6.45) is 0.949. The van der Waals surface area contributed by atoms with Gasteiger partial charge in [-0.2, -0.15) is 5.26 Å². The lowest BCUT2D eigenvalue weighted by molar-refractivity contribution is -0.136. The SMILES string of the molecule is CCN(CC(=O)NC(C)(C)C)C(=O)CCc1ccc(C#N)cc1. The molecular formula is C18H25N3O2. The monoisotopic (exact) mass is 315 g/mol. The molecule has 0 aromatic heterocycles. The maximum absolute atomic E-state index is 12.3. The number of amides is 2. The molecule has 1 aromatic rings. The Labute approximate surface area is 138 Å². The van der Waals surface area contributed by atoms with E-state index in [0.717, 1.165) is 5.56 Å². The maximum atomic E-state index is 12.3. The quantitative estimate of drug-likeness (QED) is 0.875. The van der Waals surface area contributed by atoms with Crippen molar-refractivity contribution in [2.24, 2.45) is 0 Å². The van der Waals surface area contributed by atoms with Gasteiger partial charge in [0.1, 0.15) is 0 Å². The van der Waals surface area contributed by atoms with Gasteiger partial charge >= 0.3 is 0 Å². The molecule has 2 amide bonds. The van der Waals surface area contributed by atoms with Gasteiger partial charge in [0.05, 0.1) is 18.2 Å². The summed E-state index contributed by atoms with van der Waals surface area (Å²) in [7, 11) is 0. The Kier molecular flexibility index (Phi) is 6.77. The first-order valence-corrected chi connectivity index (χ1v) is 7.83. The third kappa shape index (κ3) is 6.96. The number of hydrogen-bond acceptors (Lipinski definition) is 3. The van der Waals surface area contributed by atoms with Crippen molar-refractivity contribution < 1.29 is 9.59 Å². The van der Waals surface area contributed by atoms with Crippen LogP contribution in [0.1, 0.15) is 45.2 Å². The van der Waals surface area contributed by atoms with Crippen molar-refractivity contribution in [1.82, 2.24) is 10.2 Å². The molecule has 5 nitrogen and oxygen atoms in total. The maximum Gasteiger partial charge on any atom is 0.240 e. The lowest BCUT2D eigenvalue weighted by Crippen LogP contribution is -2.47. The molecule has 0 aliphatic heterocycles. The van der Waals surface area contributed by atoms with Gasteiger partial charge in [0.25, 0.3) is 0 Å². The Morgan fingerprint density at radius 2 is 1.83 bits per heavy atom. The normalized spacial score (nSPS) is 10.7. The average Bonchev–Trinajstić information content (AvgIpc) is 2.49. The third-order valence-electron chi connectivity index (χ3n) is 3.29. The van der Waals surface area contributed by atoms with E-state index in [1.807, 2.05) is 39.8 Å². The number of benzene rings is 1. The summed E-state index contributed by atoms with van der Waals surface area (Å²) < 4.78 is 0. The summed E-state index contributed by atoms with van der Waals surface area (Å²) in [5, 5.41) is 11.6. The number of nitriles is 1. The molecule has 0 heterocycles. The number of likely N-dealkylation sites (N-methyl/N-ethyl adjacent to an activating group) is 1. The molecule has 0 aliphatic rings. The zero-order valence-corrected chi connectivity index (χ0v) is 14.3. The van der Waals surface area contributed by atoms with Crippen LogP contribution in [0.3, 0.4) is 0 Å². The van der Waals surface area contributed by atoms with Crippen molar-refractivity contribution in [2.45, 2.75) is 46.1 Å². The highest BCUT2D eigenvalue weighted by atomic mass is 16.2. The van der Waals surface area contributed by atoms with Crippen molar-refractivity contribution in [1.29, 1.82) is 5.26 Å². The fraction of sp³-hybridized carbons (Fsp3) is 0.500. The Morgan fingerprint density at radius 3 is 2.30 bits per heavy atom. The lowest BCUT2D eigenvalue weighted by atomic mass is 10.1. The number of nitrogens with one attached hydrogen (secondary N) is 1. The predicted molar refractivity (Wildman–Crippen MR) is 89.6 cm³/mol. The minimum Gasteiger partial charge on any atom is -0.350 e. The van der Waals surface area contributed by atoms with E-state index in [2.05, 4.69) is 11.4 Å². The van der Waals surface area contributed by atoms with Crippen LogP contribution in [0.2, 0.25) is 0 Å². The van der Waals surface area contributed by atoms with Crippen LogP contribution >= 0.6 is 0 Å². The third-order valence-corrected chi connectivity index (χ3v) is 3.29. The standard InChI is InChI=1S/C18H25N3O2/c1-5-21(13-16(22)20-18(2,3)4)17(23)11-10-14-6-8-15(12-19)9-7-14/h6-9H,5,10-11,13H2,1-4H3,(H,20,22). The van der Waals surface area contributed by atoms with Gasteiger partial charge in [0, 0.05) is 18.5 Å². The highest BCUT2D eigenvalue weighted by molar-refractivity contribution is 5.85. The summed E-state index contributed by atoms with van der Waals surface area (Å²) >= 11 is 0. The van der Waals surface area contributed by atoms with Crippen LogP contribution < -0.4 is 5.32 Å². The summed E-state index contributed by atoms with van der Waals surface area (Å²) in [5.74, 6) is -0.188. The van der Waals surface area contributed by atoms with Gasteiger partial charge in [0.2, 0.25) is 11.8 Å². The number of nitrogens with zero attached hydrogens (tertiary/aromatic N) is 2. The molecule has 5 heteroatoms. The van der Waals surface area contributed by atoms with Crippen molar-refractivity contribution >= 4 is 11.8 Å². The van der Waals surface area contributed by atoms with E-state index in [1.165, 1.54) is 0 Å². The molecule has 1 N–H and O–H groups in total. The second-order valence-corrected chi connectivity index (χ2v) is 6.51. The molecule has 0 saturated heterocycles. The Hall–Kier alpha value is -2.35. The van der Waals surface area contributed by atoms with Gasteiger partial charge in [-0.05, 0) is 51.8 Å². The van der Waals surface area contributed by atoms with E-state index in [9.17, 15) is 9.59 Å². The molecule has 1 aromatic carbocycles. The fourth-order valence-electron chi connectivity index (χ4n) is 2.16. The van der Waals surface area contributed by atoms with Crippen LogP contribution in [0.4, 0.5) is 0 Å². The van der Waals surface area contributed by atoms with E-state index < -0.39 is 0 Å². The van der Waals surface area contributed by atoms with E-state index >= 15 is 0 Å². The van der Waals surface area contributed by atoms with Gasteiger partial charge in [-0.3, -0.25) is 9.59 Å². The van der Waals surface area contributed by atoms with E-state index in [4.69, 9.17) is 5.26 Å². The summed E-state index contributed by atoms with van der Waals surface area (Å²) in [5.41, 5.74) is 1.31. The van der Waals surface area contributed by atoms with Gasteiger partial charge in [0.15, 0.2) is 0 Å². The molecular weight excluding hydrogens is 290 g/mol. The second kappa shape index (κ2) is 8.33. The smallest absolute Gasteiger partial charge is 0.240 e. The van der Waals surface area contributed by atoms with Gasteiger partial charge in [-0.15, -0.1) is 0 Å². The molecule has 0 aliphatic carbocycles. The Morgan fingerprint density at radius 1 is 1.22 bits per heavy atom. The highest BCUT2D eigenvalue weighted by Crippen LogP contribution is 2.08. The summed E-state index contributed by atoms with van der Waals surface area (Å²) in [6.45, 7) is 8.18. The second-order valence-electron chi connectivity index (χ2n) is 6.51. The minimum atomic E-state index is -0.304. The molecule has 0 fully saturated rings. The summed E-state index contributed by atoms with van der Waals surface area (Å²) in [6, 6.07) is 9.27. The van der Waals surface area contributed by atoms with Crippen molar-refractivity contribution in [2.75, 3.05) is 13.1 Å². The Bertz CT molecular complexity index is 580. The molecule has 0 unspecified atom stereocenters. The average molecular weight is 315 g/mol. The van der Waals surface area contributed by atoms with Gasteiger partial charge in [-0.1, -0.05) is 12.1 Å². The molecule has 0 bridgehead atoms. The van der Waals surface area contributed by atoms with Crippen molar-refractivity contribution in [3.05, 3.63) is 35.4 Å². The van der Waals surface area contributed by atoms with Crippen LogP contribution in [-0.4, -0.2) is 35.3 Å². The zero-order valence-electron chi connectivity index (χ0n) is 14.3. The largest absolute Gasteiger partial charge is 0.350 e. The molecule has 124 valence electrons. The number of hydrogen-bond donors (Lipinski definition) is 1. The van der Waals surface area contributed by atoms with Crippen LogP contribution in [-0.2, 0) is 16.0 Å². The van der Waals surface area contributed by atoms with E-state index in [0.29, 0.717) is 24.9 Å². The number of rotatable bonds is 6. The van der Waals surface area contributed by atoms with Crippen LogP contribution in [0.5, 0.6) is 0 Å². The Balaban J connectivity index is 2.53. The fourth-order valence-corrected chi connectivity index (χ4v) is 2.16. The van der Waals surface area contributed by atoms with Gasteiger partial charge in [-0.25, -0.2) is 0 Å². The van der Waals surface area contributed by atoms with E-state index in [1.54, 1.807) is 17.0 Å². The van der Waals surface area contributed by atoms with Crippen molar-refractivity contribution in [3.63, 3.8) is 0 Å². The number of carbonyl (C=O) groups excluding carboxylic acids is 2. The van der Waals surface area contributed by atoms with Crippen LogP contribution in [0.15, 0.2) is 24.3 Å². The molecule has 23 heavy (non-hydrogen) atoms. The zero-order chi connectivity index (χ0) is 17.5. The molecule has 0 saturated carbocycles. The molecule has 0 radical (unpaired) electrons.